The number of carboxylic acids is 1. The molecule has 0 saturated carbocycles. The Morgan fingerprint density at radius 3 is 2.74 bits per heavy atom. The quantitative estimate of drug-likeness (QED) is 0.787. The highest BCUT2D eigenvalue weighted by Gasteiger charge is 2.16. The minimum atomic E-state index is -1.18. The Morgan fingerprint density at radius 2 is 2.16 bits per heavy atom. The number of aromatic carboxylic acids is 1. The van der Waals surface area contributed by atoms with Crippen molar-refractivity contribution in [1.29, 1.82) is 0 Å². The van der Waals surface area contributed by atoms with Crippen LogP contribution in [0.5, 0.6) is 0 Å². The minimum absolute atomic E-state index is 0.00316. The van der Waals surface area contributed by atoms with E-state index in [9.17, 15) is 14.0 Å². The average molecular weight is 263 g/mol. The van der Waals surface area contributed by atoms with Gasteiger partial charge in [0.1, 0.15) is 17.2 Å². The number of carboxylic acid groups (broad SMARTS) is 1. The van der Waals surface area contributed by atoms with E-state index in [2.05, 4.69) is 15.3 Å². The Bertz CT molecular complexity index is 634. The minimum Gasteiger partial charge on any atom is -0.477 e. The van der Waals surface area contributed by atoms with Crippen molar-refractivity contribution < 1.29 is 19.1 Å². The fourth-order valence-electron chi connectivity index (χ4n) is 1.55. The van der Waals surface area contributed by atoms with Crippen molar-refractivity contribution >= 4 is 17.6 Å². The highest BCUT2D eigenvalue weighted by molar-refractivity contribution is 6.06. The number of carbonyl (C=O) groups excluding carboxylic acids is 1. The highest BCUT2D eigenvalue weighted by Crippen LogP contribution is 2.17. The first-order valence-corrected chi connectivity index (χ1v) is 5.33. The first kappa shape index (κ1) is 12.7. The molecule has 0 spiro atoms. The summed E-state index contributed by atoms with van der Waals surface area (Å²) in [6, 6.07) is 3.80. The van der Waals surface area contributed by atoms with E-state index in [0.717, 1.165) is 12.3 Å². The zero-order valence-electron chi connectivity index (χ0n) is 9.90. The number of anilines is 1. The van der Waals surface area contributed by atoms with Crippen molar-refractivity contribution in [1.82, 2.24) is 9.97 Å². The predicted octanol–water partition coefficient (Wildman–Crippen LogP) is 1.81. The van der Waals surface area contributed by atoms with Gasteiger partial charge in [0.25, 0.3) is 5.91 Å². The summed E-state index contributed by atoms with van der Waals surface area (Å²) in [6.07, 6.45) is 0.912. The summed E-state index contributed by atoms with van der Waals surface area (Å²) in [6.45, 7) is 1.66. The van der Waals surface area contributed by atoms with Crippen molar-refractivity contribution in [2.75, 3.05) is 5.32 Å². The number of nitrogens with zero attached hydrogens (tertiary/aromatic N) is 1. The molecule has 0 aromatic carbocycles. The molecule has 0 saturated heterocycles. The normalized spacial score (nSPS) is 10.2. The second kappa shape index (κ2) is 4.89. The van der Waals surface area contributed by atoms with Gasteiger partial charge in [-0.2, -0.15) is 0 Å². The van der Waals surface area contributed by atoms with Crippen LogP contribution < -0.4 is 5.32 Å². The Labute approximate surface area is 107 Å². The number of aryl methyl sites for hydroxylation is 1. The standard InChI is InChI=1S/C12H10FN3O3/c1-6-4-9(10(15-6)12(18)19)16-11(17)8-3-2-7(13)5-14-8/h2-5,15H,1H3,(H,16,17)(H,18,19). The van der Waals surface area contributed by atoms with Gasteiger partial charge in [0.2, 0.25) is 0 Å². The summed E-state index contributed by atoms with van der Waals surface area (Å²) in [5, 5.41) is 11.4. The van der Waals surface area contributed by atoms with Crippen LogP contribution in [0.1, 0.15) is 26.7 Å². The molecule has 19 heavy (non-hydrogen) atoms. The molecule has 0 radical (unpaired) electrons. The zero-order chi connectivity index (χ0) is 14.0. The number of halogens is 1. The molecule has 0 atom stereocenters. The maximum Gasteiger partial charge on any atom is 0.354 e. The van der Waals surface area contributed by atoms with Crippen molar-refractivity contribution in [3.05, 3.63) is 47.3 Å². The van der Waals surface area contributed by atoms with Gasteiger partial charge in [-0.25, -0.2) is 14.2 Å². The molecule has 2 aromatic rings. The van der Waals surface area contributed by atoms with Crippen molar-refractivity contribution in [3.63, 3.8) is 0 Å². The van der Waals surface area contributed by atoms with E-state index < -0.39 is 17.7 Å². The SMILES string of the molecule is Cc1cc(NC(=O)c2ccc(F)cn2)c(C(=O)O)[nH]1. The molecule has 2 heterocycles. The molecule has 98 valence electrons. The summed E-state index contributed by atoms with van der Waals surface area (Å²) >= 11 is 0. The first-order chi connectivity index (χ1) is 8.97. The third kappa shape index (κ3) is 2.76. The van der Waals surface area contributed by atoms with Gasteiger partial charge in [-0.05, 0) is 25.1 Å². The highest BCUT2D eigenvalue weighted by atomic mass is 19.1. The lowest BCUT2D eigenvalue weighted by atomic mass is 10.3. The van der Waals surface area contributed by atoms with Crippen LogP contribution in [-0.4, -0.2) is 27.0 Å². The maximum absolute atomic E-state index is 12.7. The van der Waals surface area contributed by atoms with E-state index in [1.807, 2.05) is 0 Å². The van der Waals surface area contributed by atoms with Gasteiger partial charge in [0.15, 0.2) is 0 Å². The van der Waals surface area contributed by atoms with Gasteiger partial charge in [0.05, 0.1) is 11.9 Å². The number of pyridine rings is 1. The number of hydrogen-bond acceptors (Lipinski definition) is 3. The number of carbonyl (C=O) groups is 2. The molecule has 3 N–H and O–H groups in total. The van der Waals surface area contributed by atoms with Crippen LogP contribution in [0, 0.1) is 12.7 Å². The maximum atomic E-state index is 12.7. The molecule has 0 aliphatic rings. The van der Waals surface area contributed by atoms with Crippen LogP contribution in [0.15, 0.2) is 24.4 Å². The Hall–Kier alpha value is -2.70. The lowest BCUT2D eigenvalue weighted by molar-refractivity contribution is 0.0692. The smallest absolute Gasteiger partial charge is 0.354 e. The lowest BCUT2D eigenvalue weighted by Crippen LogP contribution is -2.15. The second-order valence-corrected chi connectivity index (χ2v) is 3.86. The fraction of sp³-hybridized carbons (Fsp3) is 0.0833. The topological polar surface area (TPSA) is 95.1 Å². The molecule has 2 aromatic heterocycles. The second-order valence-electron chi connectivity index (χ2n) is 3.86. The van der Waals surface area contributed by atoms with Gasteiger partial charge in [-0.3, -0.25) is 4.79 Å². The van der Waals surface area contributed by atoms with Crippen molar-refractivity contribution in [2.45, 2.75) is 6.92 Å². The van der Waals surface area contributed by atoms with E-state index in [0.29, 0.717) is 5.69 Å². The van der Waals surface area contributed by atoms with Crippen molar-refractivity contribution in [2.24, 2.45) is 0 Å². The largest absolute Gasteiger partial charge is 0.477 e. The third-order valence-corrected chi connectivity index (χ3v) is 2.37. The Morgan fingerprint density at radius 1 is 1.42 bits per heavy atom. The molecule has 7 heteroatoms. The number of aromatic nitrogens is 2. The molecule has 0 aliphatic carbocycles. The first-order valence-electron chi connectivity index (χ1n) is 5.33. The van der Waals surface area contributed by atoms with E-state index in [1.54, 1.807) is 6.92 Å². The van der Waals surface area contributed by atoms with Gasteiger partial charge in [-0.1, -0.05) is 0 Å². The zero-order valence-corrected chi connectivity index (χ0v) is 9.90. The number of aromatic amines is 1. The van der Waals surface area contributed by atoms with Crippen LogP contribution in [-0.2, 0) is 0 Å². The number of rotatable bonds is 3. The number of H-pyrrole nitrogens is 1. The molecule has 2 rings (SSSR count). The van der Waals surface area contributed by atoms with Crippen LogP contribution >= 0.6 is 0 Å². The molecular weight excluding hydrogens is 253 g/mol. The summed E-state index contributed by atoms with van der Waals surface area (Å²) in [5.41, 5.74) is 0.616. The molecule has 6 nitrogen and oxygen atoms in total. The van der Waals surface area contributed by atoms with Crippen LogP contribution in [0.4, 0.5) is 10.1 Å². The predicted molar refractivity (Wildman–Crippen MR) is 64.6 cm³/mol. The monoisotopic (exact) mass is 263 g/mol. The average Bonchev–Trinajstić information content (AvgIpc) is 2.71. The van der Waals surface area contributed by atoms with E-state index in [-0.39, 0.29) is 17.1 Å². The van der Waals surface area contributed by atoms with Crippen LogP contribution in [0.25, 0.3) is 0 Å². The Kier molecular flexibility index (Phi) is 3.28. The molecule has 0 fully saturated rings. The fourth-order valence-corrected chi connectivity index (χ4v) is 1.55. The number of nitrogens with one attached hydrogen (secondary N) is 2. The van der Waals surface area contributed by atoms with Crippen molar-refractivity contribution in [3.8, 4) is 0 Å². The van der Waals surface area contributed by atoms with Crippen LogP contribution in [0.3, 0.4) is 0 Å². The Balaban J connectivity index is 2.24. The van der Waals surface area contributed by atoms with E-state index >= 15 is 0 Å². The molecule has 0 unspecified atom stereocenters. The van der Waals surface area contributed by atoms with Crippen LogP contribution in [0.2, 0.25) is 0 Å². The summed E-state index contributed by atoms with van der Waals surface area (Å²) in [7, 11) is 0. The van der Waals surface area contributed by atoms with Gasteiger partial charge >= 0.3 is 5.97 Å². The molecule has 0 bridgehead atoms. The molecular formula is C12H10FN3O3. The summed E-state index contributed by atoms with van der Waals surface area (Å²) in [5.74, 6) is -2.35. The summed E-state index contributed by atoms with van der Waals surface area (Å²) < 4.78 is 12.7. The third-order valence-electron chi connectivity index (χ3n) is 2.37. The molecule has 0 aliphatic heterocycles. The van der Waals surface area contributed by atoms with Gasteiger partial charge in [0, 0.05) is 5.69 Å². The van der Waals surface area contributed by atoms with Gasteiger partial charge in [-0.15, -0.1) is 0 Å². The van der Waals surface area contributed by atoms with E-state index in [1.165, 1.54) is 12.1 Å². The lowest BCUT2D eigenvalue weighted by Gasteiger charge is -2.03. The number of hydrogen-bond donors (Lipinski definition) is 3. The number of amides is 1. The summed E-state index contributed by atoms with van der Waals surface area (Å²) in [4.78, 5) is 29.0. The van der Waals surface area contributed by atoms with E-state index in [4.69, 9.17) is 5.11 Å². The van der Waals surface area contributed by atoms with Gasteiger partial charge < -0.3 is 15.4 Å². The molecule has 1 amide bonds.